The Labute approximate surface area is 95.9 Å². The number of aromatic nitrogens is 1. The third-order valence-electron chi connectivity index (χ3n) is 3.97. The van der Waals surface area contributed by atoms with Crippen LogP contribution in [0.15, 0.2) is 11.6 Å². The summed E-state index contributed by atoms with van der Waals surface area (Å²) in [6, 6.07) is 0.302. The van der Waals surface area contributed by atoms with Gasteiger partial charge < -0.3 is 5.73 Å². The van der Waals surface area contributed by atoms with Crippen molar-refractivity contribution in [1.29, 1.82) is 0 Å². The zero-order valence-corrected chi connectivity index (χ0v) is 10.2. The molecular weight excluding hydrogens is 204 g/mol. The van der Waals surface area contributed by atoms with Crippen LogP contribution in [0, 0.1) is 5.41 Å². The molecule has 0 spiro atoms. The Morgan fingerprint density at radius 1 is 1.53 bits per heavy atom. The molecule has 84 valence electrons. The van der Waals surface area contributed by atoms with E-state index in [1.54, 1.807) is 11.3 Å². The molecule has 1 aliphatic rings. The Kier molecular flexibility index (Phi) is 3.42. The Morgan fingerprint density at radius 3 is 2.80 bits per heavy atom. The standard InChI is InChI=1S/C12H20N2S/c1-2-12(5-3-4-6-12)10(13)9-11-14-7-8-15-11/h7-8,10H,2-6,9,13H2,1H3. The third kappa shape index (κ3) is 2.23. The summed E-state index contributed by atoms with van der Waals surface area (Å²) >= 11 is 1.73. The van der Waals surface area contributed by atoms with Gasteiger partial charge in [-0.15, -0.1) is 11.3 Å². The van der Waals surface area contributed by atoms with Gasteiger partial charge >= 0.3 is 0 Å². The molecule has 1 aliphatic carbocycles. The van der Waals surface area contributed by atoms with Gasteiger partial charge in [0, 0.05) is 24.0 Å². The molecule has 2 N–H and O–H groups in total. The summed E-state index contributed by atoms with van der Waals surface area (Å²) in [7, 11) is 0. The summed E-state index contributed by atoms with van der Waals surface area (Å²) in [5.74, 6) is 0. The lowest BCUT2D eigenvalue weighted by Crippen LogP contribution is -2.41. The maximum atomic E-state index is 6.38. The molecule has 1 atom stereocenters. The van der Waals surface area contributed by atoms with E-state index < -0.39 is 0 Å². The lowest BCUT2D eigenvalue weighted by atomic mass is 9.75. The fourth-order valence-electron chi connectivity index (χ4n) is 2.82. The molecular formula is C12H20N2S. The van der Waals surface area contributed by atoms with Crippen LogP contribution in [-0.2, 0) is 6.42 Å². The van der Waals surface area contributed by atoms with E-state index in [9.17, 15) is 0 Å². The lowest BCUT2D eigenvalue weighted by molar-refractivity contribution is 0.218. The quantitative estimate of drug-likeness (QED) is 0.854. The Bertz CT molecular complexity index is 289. The van der Waals surface area contributed by atoms with E-state index in [0.717, 1.165) is 6.42 Å². The maximum absolute atomic E-state index is 6.38. The molecule has 0 bridgehead atoms. The van der Waals surface area contributed by atoms with Crippen molar-refractivity contribution in [2.75, 3.05) is 0 Å². The normalized spacial score (nSPS) is 21.7. The molecule has 15 heavy (non-hydrogen) atoms. The van der Waals surface area contributed by atoms with Crippen LogP contribution in [0.2, 0.25) is 0 Å². The zero-order valence-electron chi connectivity index (χ0n) is 9.41. The number of hydrogen-bond acceptors (Lipinski definition) is 3. The highest BCUT2D eigenvalue weighted by molar-refractivity contribution is 7.09. The molecule has 0 aliphatic heterocycles. The second-order valence-corrected chi connectivity index (χ2v) is 5.64. The topological polar surface area (TPSA) is 38.9 Å². The van der Waals surface area contributed by atoms with E-state index in [1.165, 1.54) is 37.1 Å². The van der Waals surface area contributed by atoms with Crippen molar-refractivity contribution in [2.45, 2.75) is 51.5 Å². The number of nitrogens with zero attached hydrogens (tertiary/aromatic N) is 1. The van der Waals surface area contributed by atoms with Crippen LogP contribution >= 0.6 is 11.3 Å². The molecule has 2 nitrogen and oxygen atoms in total. The molecule has 0 amide bonds. The molecule has 0 aromatic carbocycles. The Morgan fingerprint density at radius 2 is 2.27 bits per heavy atom. The van der Waals surface area contributed by atoms with E-state index in [-0.39, 0.29) is 0 Å². The van der Waals surface area contributed by atoms with Gasteiger partial charge in [0.2, 0.25) is 0 Å². The first-order valence-electron chi connectivity index (χ1n) is 5.91. The molecule has 1 aromatic heterocycles. The molecule has 2 rings (SSSR count). The van der Waals surface area contributed by atoms with Gasteiger partial charge in [-0.3, -0.25) is 0 Å². The third-order valence-corrected chi connectivity index (χ3v) is 4.77. The second-order valence-electron chi connectivity index (χ2n) is 4.66. The van der Waals surface area contributed by atoms with Crippen LogP contribution in [0.5, 0.6) is 0 Å². The van der Waals surface area contributed by atoms with E-state index in [1.807, 2.05) is 11.6 Å². The Hall–Kier alpha value is -0.410. The van der Waals surface area contributed by atoms with E-state index in [0.29, 0.717) is 11.5 Å². The van der Waals surface area contributed by atoms with Gasteiger partial charge in [0.15, 0.2) is 0 Å². The monoisotopic (exact) mass is 224 g/mol. The average molecular weight is 224 g/mol. The molecule has 3 heteroatoms. The molecule has 0 saturated heterocycles. The lowest BCUT2D eigenvalue weighted by Gasteiger charge is -2.34. The summed E-state index contributed by atoms with van der Waals surface area (Å²) in [5.41, 5.74) is 6.79. The molecule has 1 aromatic rings. The van der Waals surface area contributed by atoms with Gasteiger partial charge in [-0.2, -0.15) is 0 Å². The van der Waals surface area contributed by atoms with Crippen molar-refractivity contribution in [3.63, 3.8) is 0 Å². The van der Waals surface area contributed by atoms with Crippen LogP contribution in [-0.4, -0.2) is 11.0 Å². The van der Waals surface area contributed by atoms with Crippen LogP contribution in [0.1, 0.15) is 44.0 Å². The summed E-state index contributed by atoms with van der Waals surface area (Å²) < 4.78 is 0. The summed E-state index contributed by atoms with van der Waals surface area (Å²) in [6.45, 7) is 2.28. The van der Waals surface area contributed by atoms with Crippen molar-refractivity contribution < 1.29 is 0 Å². The van der Waals surface area contributed by atoms with Gasteiger partial charge in [-0.1, -0.05) is 19.8 Å². The summed E-state index contributed by atoms with van der Waals surface area (Å²) in [4.78, 5) is 4.33. The van der Waals surface area contributed by atoms with Gasteiger partial charge in [0.25, 0.3) is 0 Å². The van der Waals surface area contributed by atoms with Gasteiger partial charge in [-0.25, -0.2) is 4.98 Å². The minimum Gasteiger partial charge on any atom is -0.327 e. The largest absolute Gasteiger partial charge is 0.327 e. The second kappa shape index (κ2) is 4.62. The highest BCUT2D eigenvalue weighted by Gasteiger charge is 2.37. The van der Waals surface area contributed by atoms with Crippen LogP contribution in [0.25, 0.3) is 0 Å². The fraction of sp³-hybridized carbons (Fsp3) is 0.750. The first kappa shape index (κ1) is 11.1. The van der Waals surface area contributed by atoms with E-state index >= 15 is 0 Å². The highest BCUT2D eigenvalue weighted by Crippen LogP contribution is 2.43. The SMILES string of the molecule is CCC1(C(N)Cc2nccs2)CCCC1. The van der Waals surface area contributed by atoms with E-state index in [2.05, 4.69) is 11.9 Å². The zero-order chi connectivity index (χ0) is 10.7. The predicted octanol–water partition coefficient (Wildman–Crippen LogP) is 2.98. The molecule has 1 unspecified atom stereocenters. The van der Waals surface area contributed by atoms with Crippen LogP contribution < -0.4 is 5.73 Å². The molecule has 0 radical (unpaired) electrons. The number of rotatable bonds is 4. The summed E-state index contributed by atoms with van der Waals surface area (Å²) in [5, 5.41) is 3.23. The average Bonchev–Trinajstić information content (AvgIpc) is 2.87. The van der Waals surface area contributed by atoms with Crippen molar-refractivity contribution in [3.05, 3.63) is 16.6 Å². The van der Waals surface area contributed by atoms with Crippen molar-refractivity contribution >= 4 is 11.3 Å². The molecule has 1 heterocycles. The first-order valence-corrected chi connectivity index (χ1v) is 6.79. The highest BCUT2D eigenvalue weighted by atomic mass is 32.1. The van der Waals surface area contributed by atoms with Crippen LogP contribution in [0.3, 0.4) is 0 Å². The first-order chi connectivity index (χ1) is 7.27. The van der Waals surface area contributed by atoms with Gasteiger partial charge in [-0.05, 0) is 24.7 Å². The van der Waals surface area contributed by atoms with Crippen molar-refractivity contribution in [1.82, 2.24) is 4.98 Å². The molecule has 1 fully saturated rings. The maximum Gasteiger partial charge on any atom is 0.0940 e. The molecule has 1 saturated carbocycles. The smallest absolute Gasteiger partial charge is 0.0940 e. The fourth-order valence-corrected chi connectivity index (χ4v) is 3.50. The van der Waals surface area contributed by atoms with Crippen LogP contribution in [0.4, 0.5) is 0 Å². The predicted molar refractivity (Wildman–Crippen MR) is 65.0 cm³/mol. The number of thiazole rings is 1. The van der Waals surface area contributed by atoms with Crippen molar-refractivity contribution in [2.24, 2.45) is 11.1 Å². The number of hydrogen-bond donors (Lipinski definition) is 1. The number of nitrogens with two attached hydrogens (primary N) is 1. The van der Waals surface area contributed by atoms with Crippen molar-refractivity contribution in [3.8, 4) is 0 Å². The summed E-state index contributed by atoms with van der Waals surface area (Å²) in [6.07, 6.45) is 9.41. The minimum atomic E-state index is 0.302. The van der Waals surface area contributed by atoms with E-state index in [4.69, 9.17) is 5.73 Å². The Balaban J connectivity index is 2.02. The minimum absolute atomic E-state index is 0.302. The van der Waals surface area contributed by atoms with Gasteiger partial charge in [0.05, 0.1) is 5.01 Å². The van der Waals surface area contributed by atoms with Gasteiger partial charge in [0.1, 0.15) is 0 Å².